The van der Waals surface area contributed by atoms with Crippen LogP contribution < -0.4 is 10.5 Å². The number of nitrogens with zero attached hydrogens (tertiary/aromatic N) is 3. The number of unbranched alkanes of at least 4 members (excludes halogenated alkanes) is 3. The SMILES string of the molecule is CCC(N)(CO)CCCCCc1c(F)cnc2ccc(OCCCC#N)nc12. The summed E-state index contributed by atoms with van der Waals surface area (Å²) < 4.78 is 19.9. The molecule has 2 heterocycles. The second kappa shape index (κ2) is 10.9. The minimum atomic E-state index is -0.520. The van der Waals surface area contributed by atoms with Crippen molar-refractivity contribution in [2.45, 2.75) is 63.8 Å². The summed E-state index contributed by atoms with van der Waals surface area (Å²) in [6.45, 7) is 2.35. The minimum absolute atomic E-state index is 0.0197. The Morgan fingerprint density at radius 3 is 2.82 bits per heavy atom. The first-order chi connectivity index (χ1) is 13.5. The molecule has 2 aromatic rings. The summed E-state index contributed by atoms with van der Waals surface area (Å²) in [6.07, 6.45) is 6.90. The van der Waals surface area contributed by atoms with Crippen LogP contribution in [0.15, 0.2) is 18.3 Å². The van der Waals surface area contributed by atoms with Crippen LogP contribution in [0.1, 0.15) is 57.4 Å². The van der Waals surface area contributed by atoms with Crippen LogP contribution >= 0.6 is 0 Å². The summed E-state index contributed by atoms with van der Waals surface area (Å²) in [5.74, 6) is 0.0524. The summed E-state index contributed by atoms with van der Waals surface area (Å²) in [5, 5.41) is 17.9. The van der Waals surface area contributed by atoms with Crippen LogP contribution in [0.3, 0.4) is 0 Å². The van der Waals surface area contributed by atoms with Gasteiger partial charge < -0.3 is 15.6 Å². The van der Waals surface area contributed by atoms with Crippen molar-refractivity contribution in [2.75, 3.05) is 13.2 Å². The lowest BCUT2D eigenvalue weighted by molar-refractivity contribution is 0.179. The Morgan fingerprint density at radius 2 is 2.11 bits per heavy atom. The Labute approximate surface area is 165 Å². The first kappa shape index (κ1) is 22.0. The van der Waals surface area contributed by atoms with E-state index in [0.29, 0.717) is 48.3 Å². The van der Waals surface area contributed by atoms with Crippen molar-refractivity contribution in [1.29, 1.82) is 5.26 Å². The summed E-state index contributed by atoms with van der Waals surface area (Å²) in [6, 6.07) is 5.55. The number of aromatic nitrogens is 2. The number of aliphatic hydroxyl groups excluding tert-OH is 1. The van der Waals surface area contributed by atoms with E-state index in [0.717, 1.165) is 32.1 Å². The second-order valence-electron chi connectivity index (χ2n) is 7.15. The first-order valence-corrected chi connectivity index (χ1v) is 9.86. The third-order valence-corrected chi connectivity index (χ3v) is 5.04. The zero-order chi connectivity index (χ0) is 20.4. The summed E-state index contributed by atoms with van der Waals surface area (Å²) in [4.78, 5) is 8.55. The van der Waals surface area contributed by atoms with E-state index < -0.39 is 5.54 Å². The van der Waals surface area contributed by atoms with Gasteiger partial charge in [0.15, 0.2) is 0 Å². The number of hydrogen-bond donors (Lipinski definition) is 2. The third-order valence-electron chi connectivity index (χ3n) is 5.04. The lowest BCUT2D eigenvalue weighted by Crippen LogP contribution is -2.42. The van der Waals surface area contributed by atoms with Crippen molar-refractivity contribution in [3.63, 3.8) is 0 Å². The van der Waals surface area contributed by atoms with Crippen LogP contribution in [0.25, 0.3) is 11.0 Å². The van der Waals surface area contributed by atoms with E-state index in [-0.39, 0.29) is 12.4 Å². The number of pyridine rings is 2. The van der Waals surface area contributed by atoms with Gasteiger partial charge in [-0.1, -0.05) is 19.8 Å². The van der Waals surface area contributed by atoms with Crippen molar-refractivity contribution in [3.8, 4) is 11.9 Å². The Kier molecular flexibility index (Phi) is 8.55. The van der Waals surface area contributed by atoms with Gasteiger partial charge in [0.05, 0.1) is 36.5 Å². The largest absolute Gasteiger partial charge is 0.478 e. The van der Waals surface area contributed by atoms with Crippen LogP contribution in [0, 0.1) is 17.1 Å². The quantitative estimate of drug-likeness (QED) is 0.538. The van der Waals surface area contributed by atoms with E-state index in [9.17, 15) is 9.50 Å². The van der Waals surface area contributed by atoms with Crippen molar-refractivity contribution in [1.82, 2.24) is 9.97 Å². The molecule has 0 aliphatic rings. The third kappa shape index (κ3) is 6.11. The number of aliphatic hydroxyl groups is 1. The number of nitriles is 1. The molecule has 0 fully saturated rings. The van der Waals surface area contributed by atoms with Crippen molar-refractivity contribution >= 4 is 11.0 Å². The fraction of sp³-hybridized carbons (Fsp3) is 0.571. The van der Waals surface area contributed by atoms with Crippen LogP contribution in [-0.4, -0.2) is 33.8 Å². The maximum atomic E-state index is 14.4. The van der Waals surface area contributed by atoms with Gasteiger partial charge in [-0.25, -0.2) is 9.37 Å². The molecule has 152 valence electrons. The number of ether oxygens (including phenoxy) is 1. The normalized spacial score (nSPS) is 13.2. The summed E-state index contributed by atoms with van der Waals surface area (Å²) in [5.41, 5.74) is 7.29. The van der Waals surface area contributed by atoms with E-state index in [4.69, 9.17) is 15.7 Å². The number of fused-ring (bicyclic) bond motifs is 1. The predicted octanol–water partition coefficient (Wildman–Crippen LogP) is 3.65. The second-order valence-corrected chi connectivity index (χ2v) is 7.15. The summed E-state index contributed by atoms with van der Waals surface area (Å²) in [7, 11) is 0. The van der Waals surface area contributed by atoms with Gasteiger partial charge in [0.2, 0.25) is 5.88 Å². The van der Waals surface area contributed by atoms with Crippen LogP contribution in [0.4, 0.5) is 4.39 Å². The molecule has 0 bridgehead atoms. The molecule has 0 aliphatic carbocycles. The van der Waals surface area contributed by atoms with Crippen LogP contribution in [0.5, 0.6) is 5.88 Å². The molecule has 0 saturated carbocycles. The van der Waals surface area contributed by atoms with Gasteiger partial charge in [-0.05, 0) is 38.2 Å². The first-order valence-electron chi connectivity index (χ1n) is 9.86. The lowest BCUT2D eigenvalue weighted by Gasteiger charge is -2.25. The highest BCUT2D eigenvalue weighted by Crippen LogP contribution is 2.24. The average Bonchev–Trinajstić information content (AvgIpc) is 2.72. The molecular formula is C21H29FN4O2. The fourth-order valence-electron chi connectivity index (χ4n) is 3.05. The highest BCUT2D eigenvalue weighted by atomic mass is 19.1. The average molecular weight is 388 g/mol. The molecule has 0 saturated heterocycles. The number of halogens is 1. The van der Waals surface area contributed by atoms with Crippen molar-refractivity contribution in [3.05, 3.63) is 29.7 Å². The molecule has 2 aromatic heterocycles. The highest BCUT2D eigenvalue weighted by molar-refractivity contribution is 5.78. The molecule has 0 radical (unpaired) electrons. The number of nitrogens with two attached hydrogens (primary N) is 1. The Morgan fingerprint density at radius 1 is 1.29 bits per heavy atom. The number of rotatable bonds is 12. The van der Waals surface area contributed by atoms with E-state index >= 15 is 0 Å². The lowest BCUT2D eigenvalue weighted by atomic mass is 9.91. The molecule has 0 aliphatic heterocycles. The van der Waals surface area contributed by atoms with E-state index in [2.05, 4.69) is 16.0 Å². The van der Waals surface area contributed by atoms with E-state index in [1.165, 1.54) is 6.20 Å². The standard InChI is InChI=1S/C21H29FN4O2/c1-2-21(24,15-27)11-5-3-4-8-16-17(22)14-25-18-9-10-19(26-20(16)18)28-13-7-6-12-23/h9-10,14,27H,2-8,11,13,15,24H2,1H3. The van der Waals surface area contributed by atoms with Gasteiger partial charge in [-0.2, -0.15) is 5.26 Å². The van der Waals surface area contributed by atoms with Gasteiger partial charge >= 0.3 is 0 Å². The van der Waals surface area contributed by atoms with E-state index in [1.807, 2.05) is 6.92 Å². The predicted molar refractivity (Wildman–Crippen MR) is 106 cm³/mol. The zero-order valence-corrected chi connectivity index (χ0v) is 16.5. The number of aryl methyl sites for hydroxylation is 1. The molecular weight excluding hydrogens is 359 g/mol. The topological polar surface area (TPSA) is 105 Å². The molecule has 28 heavy (non-hydrogen) atoms. The molecule has 7 heteroatoms. The zero-order valence-electron chi connectivity index (χ0n) is 16.5. The molecule has 1 atom stereocenters. The van der Waals surface area contributed by atoms with Gasteiger partial charge in [0.1, 0.15) is 5.82 Å². The monoisotopic (exact) mass is 388 g/mol. The minimum Gasteiger partial charge on any atom is -0.478 e. The molecule has 2 rings (SSSR count). The maximum absolute atomic E-state index is 14.4. The Hall–Kier alpha value is -2.30. The molecule has 0 amide bonds. The van der Waals surface area contributed by atoms with E-state index in [1.54, 1.807) is 12.1 Å². The molecule has 0 spiro atoms. The molecule has 1 unspecified atom stereocenters. The Balaban J connectivity index is 2.00. The summed E-state index contributed by atoms with van der Waals surface area (Å²) >= 11 is 0. The van der Waals surface area contributed by atoms with Crippen molar-refractivity contribution in [2.24, 2.45) is 5.73 Å². The van der Waals surface area contributed by atoms with Gasteiger partial charge in [0, 0.05) is 23.6 Å². The molecule has 0 aromatic carbocycles. The van der Waals surface area contributed by atoms with Gasteiger partial charge in [-0.3, -0.25) is 4.98 Å². The van der Waals surface area contributed by atoms with Crippen LogP contribution in [0.2, 0.25) is 0 Å². The van der Waals surface area contributed by atoms with Crippen molar-refractivity contribution < 1.29 is 14.2 Å². The van der Waals surface area contributed by atoms with Gasteiger partial charge in [-0.15, -0.1) is 0 Å². The maximum Gasteiger partial charge on any atom is 0.213 e. The molecule has 6 nitrogen and oxygen atoms in total. The Bertz CT molecular complexity index is 803. The fourth-order valence-corrected chi connectivity index (χ4v) is 3.05. The van der Waals surface area contributed by atoms with Gasteiger partial charge in [0.25, 0.3) is 0 Å². The number of hydrogen-bond acceptors (Lipinski definition) is 6. The highest BCUT2D eigenvalue weighted by Gasteiger charge is 2.20. The molecule has 3 N–H and O–H groups in total. The van der Waals surface area contributed by atoms with Crippen LogP contribution in [-0.2, 0) is 6.42 Å². The smallest absolute Gasteiger partial charge is 0.213 e.